The van der Waals surface area contributed by atoms with E-state index in [1.54, 1.807) is 31.2 Å². The van der Waals surface area contributed by atoms with Crippen molar-refractivity contribution in [3.05, 3.63) is 69.9 Å². The average molecular weight is 341 g/mol. The Morgan fingerprint density at radius 1 is 1.08 bits per heavy atom. The number of nitrogens with one attached hydrogen (secondary N) is 1. The zero-order valence-electron chi connectivity index (χ0n) is 13.7. The van der Waals surface area contributed by atoms with E-state index in [2.05, 4.69) is 10.5 Å². The number of halogens is 1. The van der Waals surface area contributed by atoms with Crippen LogP contribution in [0, 0.1) is 20.8 Å². The molecule has 0 aliphatic heterocycles. The molecule has 122 valence electrons. The third kappa shape index (κ3) is 3.19. The number of amides is 1. The fourth-order valence-electron chi connectivity index (χ4n) is 2.57. The monoisotopic (exact) mass is 340 g/mol. The van der Waals surface area contributed by atoms with Gasteiger partial charge in [-0.1, -0.05) is 34.5 Å². The molecule has 2 aromatic carbocycles. The van der Waals surface area contributed by atoms with E-state index in [0.29, 0.717) is 22.0 Å². The summed E-state index contributed by atoms with van der Waals surface area (Å²) in [6.07, 6.45) is 0. The second-order valence-electron chi connectivity index (χ2n) is 5.75. The number of nitrogens with zero attached hydrogens (tertiary/aromatic N) is 1. The summed E-state index contributed by atoms with van der Waals surface area (Å²) < 4.78 is 5.38. The average Bonchev–Trinajstić information content (AvgIpc) is 2.92. The molecule has 1 N–H and O–H groups in total. The van der Waals surface area contributed by atoms with Gasteiger partial charge in [0.2, 0.25) is 0 Å². The van der Waals surface area contributed by atoms with E-state index in [1.807, 2.05) is 32.0 Å². The van der Waals surface area contributed by atoms with E-state index < -0.39 is 0 Å². The third-order valence-electron chi connectivity index (χ3n) is 3.83. The molecular weight excluding hydrogens is 324 g/mol. The van der Waals surface area contributed by atoms with E-state index in [1.165, 1.54) is 0 Å². The number of hydrogen-bond acceptors (Lipinski definition) is 3. The van der Waals surface area contributed by atoms with Crippen molar-refractivity contribution in [1.82, 2.24) is 5.16 Å². The molecule has 0 radical (unpaired) electrons. The van der Waals surface area contributed by atoms with Crippen LogP contribution in [-0.2, 0) is 0 Å². The fourth-order valence-corrected chi connectivity index (χ4v) is 2.70. The van der Waals surface area contributed by atoms with Crippen LogP contribution in [0.2, 0.25) is 5.02 Å². The smallest absolute Gasteiger partial charge is 0.261 e. The van der Waals surface area contributed by atoms with Crippen LogP contribution in [0.4, 0.5) is 5.69 Å². The lowest BCUT2D eigenvalue weighted by Gasteiger charge is -2.09. The van der Waals surface area contributed by atoms with Gasteiger partial charge in [0.15, 0.2) is 5.76 Å². The third-order valence-corrected chi connectivity index (χ3v) is 4.08. The van der Waals surface area contributed by atoms with Gasteiger partial charge in [0, 0.05) is 16.3 Å². The predicted octanol–water partition coefficient (Wildman–Crippen LogP) is 5.17. The molecule has 0 fully saturated rings. The summed E-state index contributed by atoms with van der Waals surface area (Å²) in [6, 6.07) is 13.0. The Hall–Kier alpha value is -2.59. The molecule has 1 amide bonds. The van der Waals surface area contributed by atoms with Crippen LogP contribution in [-0.4, -0.2) is 11.1 Å². The van der Waals surface area contributed by atoms with Crippen molar-refractivity contribution < 1.29 is 9.32 Å². The number of carbonyl (C=O) groups excluding carboxylic acids is 1. The number of hydrogen-bond donors (Lipinski definition) is 1. The highest BCUT2D eigenvalue weighted by Crippen LogP contribution is 2.28. The molecule has 4 nitrogen and oxygen atoms in total. The molecule has 24 heavy (non-hydrogen) atoms. The molecule has 5 heteroatoms. The van der Waals surface area contributed by atoms with Crippen LogP contribution in [0.5, 0.6) is 0 Å². The van der Waals surface area contributed by atoms with Crippen LogP contribution < -0.4 is 5.32 Å². The molecule has 0 unspecified atom stereocenters. The zero-order chi connectivity index (χ0) is 17.3. The minimum absolute atomic E-state index is 0.245. The summed E-state index contributed by atoms with van der Waals surface area (Å²) in [5.74, 6) is 0.192. The quantitative estimate of drug-likeness (QED) is 0.715. The minimum Gasteiger partial charge on any atom is -0.355 e. The standard InChI is InChI=1S/C19H17ClN2O2/c1-11-4-9-16(12(2)10-11)21-19(23)17-13(3)22-24-18(17)14-5-7-15(20)8-6-14/h4-10H,1-3H3,(H,21,23). The first-order chi connectivity index (χ1) is 11.5. The van der Waals surface area contributed by atoms with Crippen molar-refractivity contribution in [3.8, 4) is 11.3 Å². The summed E-state index contributed by atoms with van der Waals surface area (Å²) in [4.78, 5) is 12.8. The van der Waals surface area contributed by atoms with Gasteiger partial charge in [-0.15, -0.1) is 0 Å². The number of aryl methyl sites for hydroxylation is 3. The molecule has 0 saturated carbocycles. The number of anilines is 1. The van der Waals surface area contributed by atoms with Crippen molar-refractivity contribution in [2.75, 3.05) is 5.32 Å². The van der Waals surface area contributed by atoms with E-state index in [0.717, 1.165) is 22.4 Å². The highest BCUT2D eigenvalue weighted by Gasteiger charge is 2.22. The lowest BCUT2D eigenvalue weighted by molar-refractivity contribution is 0.102. The number of aromatic nitrogens is 1. The van der Waals surface area contributed by atoms with Gasteiger partial charge < -0.3 is 9.84 Å². The number of benzene rings is 2. The minimum atomic E-state index is -0.245. The van der Waals surface area contributed by atoms with Crippen molar-refractivity contribution in [3.63, 3.8) is 0 Å². The van der Waals surface area contributed by atoms with Gasteiger partial charge in [-0.2, -0.15) is 0 Å². The Balaban J connectivity index is 1.95. The maximum absolute atomic E-state index is 12.8. The molecule has 0 saturated heterocycles. The van der Waals surface area contributed by atoms with E-state index in [4.69, 9.17) is 16.1 Å². The first-order valence-corrected chi connectivity index (χ1v) is 7.94. The largest absolute Gasteiger partial charge is 0.355 e. The van der Waals surface area contributed by atoms with Gasteiger partial charge in [0.25, 0.3) is 5.91 Å². The summed E-state index contributed by atoms with van der Waals surface area (Å²) in [5, 5.41) is 7.50. The molecule has 3 aromatic rings. The van der Waals surface area contributed by atoms with Gasteiger partial charge in [-0.3, -0.25) is 4.79 Å². The molecular formula is C19H17ClN2O2. The normalized spacial score (nSPS) is 10.7. The van der Waals surface area contributed by atoms with E-state index >= 15 is 0 Å². The molecule has 1 heterocycles. The first kappa shape index (κ1) is 16.3. The SMILES string of the molecule is Cc1ccc(NC(=O)c2c(C)noc2-c2ccc(Cl)cc2)c(C)c1. The molecule has 0 atom stereocenters. The van der Waals surface area contributed by atoms with Crippen molar-refractivity contribution >= 4 is 23.2 Å². The van der Waals surface area contributed by atoms with Crippen LogP contribution in [0.3, 0.4) is 0 Å². The van der Waals surface area contributed by atoms with Gasteiger partial charge in [-0.25, -0.2) is 0 Å². The van der Waals surface area contributed by atoms with Gasteiger partial charge in [0.05, 0.1) is 5.69 Å². The summed E-state index contributed by atoms with van der Waals surface area (Å²) in [6.45, 7) is 5.73. The van der Waals surface area contributed by atoms with Crippen molar-refractivity contribution in [2.24, 2.45) is 0 Å². The van der Waals surface area contributed by atoms with Crippen LogP contribution in [0.15, 0.2) is 47.0 Å². The summed E-state index contributed by atoms with van der Waals surface area (Å²) >= 11 is 5.92. The van der Waals surface area contributed by atoms with E-state index in [-0.39, 0.29) is 5.91 Å². The number of rotatable bonds is 3. The molecule has 3 rings (SSSR count). The maximum atomic E-state index is 12.8. The Morgan fingerprint density at radius 3 is 2.46 bits per heavy atom. The fraction of sp³-hybridized carbons (Fsp3) is 0.158. The van der Waals surface area contributed by atoms with E-state index in [9.17, 15) is 4.79 Å². The van der Waals surface area contributed by atoms with Gasteiger partial charge in [-0.05, 0) is 56.7 Å². The maximum Gasteiger partial charge on any atom is 0.261 e. The second kappa shape index (κ2) is 6.49. The highest BCUT2D eigenvalue weighted by molar-refractivity contribution is 6.30. The number of carbonyl (C=O) groups is 1. The predicted molar refractivity (Wildman–Crippen MR) is 95.6 cm³/mol. The molecule has 0 bridgehead atoms. The van der Waals surface area contributed by atoms with Crippen LogP contribution >= 0.6 is 11.6 Å². The van der Waals surface area contributed by atoms with Gasteiger partial charge >= 0.3 is 0 Å². The Morgan fingerprint density at radius 2 is 1.79 bits per heavy atom. The second-order valence-corrected chi connectivity index (χ2v) is 6.19. The van der Waals surface area contributed by atoms with Crippen LogP contribution in [0.1, 0.15) is 27.2 Å². The van der Waals surface area contributed by atoms with Crippen molar-refractivity contribution in [2.45, 2.75) is 20.8 Å². The summed E-state index contributed by atoms with van der Waals surface area (Å²) in [7, 11) is 0. The zero-order valence-corrected chi connectivity index (χ0v) is 14.4. The van der Waals surface area contributed by atoms with Crippen LogP contribution in [0.25, 0.3) is 11.3 Å². The Bertz CT molecular complexity index is 898. The molecule has 0 aliphatic carbocycles. The molecule has 0 spiro atoms. The van der Waals surface area contributed by atoms with Gasteiger partial charge in [0.1, 0.15) is 5.56 Å². The lowest BCUT2D eigenvalue weighted by Crippen LogP contribution is -2.14. The topological polar surface area (TPSA) is 55.1 Å². The molecule has 0 aliphatic rings. The Kier molecular flexibility index (Phi) is 4.40. The summed E-state index contributed by atoms with van der Waals surface area (Å²) in [5.41, 5.74) is 4.65. The molecule has 1 aromatic heterocycles. The first-order valence-electron chi connectivity index (χ1n) is 7.56. The highest BCUT2D eigenvalue weighted by atomic mass is 35.5. The Labute approximate surface area is 145 Å². The lowest BCUT2D eigenvalue weighted by atomic mass is 10.1. The van der Waals surface area contributed by atoms with Crippen molar-refractivity contribution in [1.29, 1.82) is 0 Å².